The largest absolute Gasteiger partial charge is 0.497 e. The summed E-state index contributed by atoms with van der Waals surface area (Å²) in [5, 5.41) is 5.63. The van der Waals surface area contributed by atoms with Gasteiger partial charge in [0.2, 0.25) is 0 Å². The van der Waals surface area contributed by atoms with Crippen molar-refractivity contribution in [3.05, 3.63) is 89.5 Å². The van der Waals surface area contributed by atoms with Crippen LogP contribution in [-0.4, -0.2) is 18.9 Å². The number of carbonyl (C=O) groups excluding carboxylic acids is 2. The van der Waals surface area contributed by atoms with Crippen molar-refractivity contribution in [2.24, 2.45) is 0 Å². The van der Waals surface area contributed by atoms with E-state index < -0.39 is 0 Å². The summed E-state index contributed by atoms with van der Waals surface area (Å²) >= 11 is 0. The van der Waals surface area contributed by atoms with Gasteiger partial charge in [-0.2, -0.15) is 0 Å². The van der Waals surface area contributed by atoms with Crippen LogP contribution in [0.3, 0.4) is 0 Å². The van der Waals surface area contributed by atoms with Crippen molar-refractivity contribution < 1.29 is 14.3 Å². The van der Waals surface area contributed by atoms with E-state index in [2.05, 4.69) is 10.6 Å². The molecule has 2 N–H and O–H groups in total. The highest BCUT2D eigenvalue weighted by atomic mass is 16.5. The number of hydrogen-bond acceptors (Lipinski definition) is 3. The maximum Gasteiger partial charge on any atom is 0.257 e. The third-order valence-corrected chi connectivity index (χ3v) is 4.06. The first kappa shape index (κ1) is 18.2. The lowest BCUT2D eigenvalue weighted by atomic mass is 10.1. The third kappa shape index (κ3) is 4.52. The minimum absolute atomic E-state index is 0.267. The highest BCUT2D eigenvalue weighted by molar-refractivity contribution is 6.12. The fraction of sp³-hybridized carbons (Fsp3) is 0.0909. The number of anilines is 2. The summed E-state index contributed by atoms with van der Waals surface area (Å²) < 4.78 is 5.17. The Labute approximate surface area is 158 Å². The van der Waals surface area contributed by atoms with Gasteiger partial charge in [-0.25, -0.2) is 0 Å². The van der Waals surface area contributed by atoms with E-state index >= 15 is 0 Å². The van der Waals surface area contributed by atoms with Crippen LogP contribution in [0.2, 0.25) is 0 Å². The van der Waals surface area contributed by atoms with Gasteiger partial charge in [-0.05, 0) is 43.3 Å². The minimum Gasteiger partial charge on any atom is -0.497 e. The van der Waals surface area contributed by atoms with Gasteiger partial charge < -0.3 is 15.4 Å². The maximum atomic E-state index is 12.7. The lowest BCUT2D eigenvalue weighted by molar-refractivity contribution is 0.102. The zero-order valence-electron chi connectivity index (χ0n) is 15.2. The number of methoxy groups -OCH3 is 1. The van der Waals surface area contributed by atoms with Crippen molar-refractivity contribution in [2.45, 2.75) is 6.92 Å². The molecular formula is C22H20N2O3. The number of amides is 2. The summed E-state index contributed by atoms with van der Waals surface area (Å²) in [6.45, 7) is 1.96. The highest BCUT2D eigenvalue weighted by Crippen LogP contribution is 2.21. The predicted octanol–water partition coefficient (Wildman–Crippen LogP) is 4.51. The molecule has 3 rings (SSSR count). The Morgan fingerprint density at radius 1 is 0.815 bits per heavy atom. The molecule has 5 heteroatoms. The Balaban J connectivity index is 1.79. The molecule has 0 unspecified atom stereocenters. The van der Waals surface area contributed by atoms with Crippen LogP contribution in [-0.2, 0) is 0 Å². The van der Waals surface area contributed by atoms with Crippen LogP contribution in [0.1, 0.15) is 26.3 Å². The van der Waals surface area contributed by atoms with Gasteiger partial charge in [0.05, 0.1) is 18.4 Å². The molecule has 0 atom stereocenters. The van der Waals surface area contributed by atoms with Gasteiger partial charge in [0.25, 0.3) is 11.8 Å². The van der Waals surface area contributed by atoms with Crippen LogP contribution >= 0.6 is 0 Å². The normalized spacial score (nSPS) is 10.1. The Bertz CT molecular complexity index is 965. The molecule has 136 valence electrons. The summed E-state index contributed by atoms with van der Waals surface area (Å²) in [4.78, 5) is 25.2. The Morgan fingerprint density at radius 3 is 2.30 bits per heavy atom. The van der Waals surface area contributed by atoms with Crippen molar-refractivity contribution >= 4 is 23.2 Å². The number of ether oxygens (including phenoxy) is 1. The topological polar surface area (TPSA) is 67.4 Å². The summed E-state index contributed by atoms with van der Waals surface area (Å²) in [6.07, 6.45) is 0. The first-order valence-corrected chi connectivity index (χ1v) is 8.49. The van der Waals surface area contributed by atoms with Gasteiger partial charge in [0, 0.05) is 17.3 Å². The van der Waals surface area contributed by atoms with Gasteiger partial charge >= 0.3 is 0 Å². The quantitative estimate of drug-likeness (QED) is 0.703. The lowest BCUT2D eigenvalue weighted by Crippen LogP contribution is -2.18. The van der Waals surface area contributed by atoms with Gasteiger partial charge in [0.1, 0.15) is 5.75 Å². The van der Waals surface area contributed by atoms with Crippen molar-refractivity contribution in [1.29, 1.82) is 0 Å². The molecular weight excluding hydrogens is 340 g/mol. The highest BCUT2D eigenvalue weighted by Gasteiger charge is 2.14. The summed E-state index contributed by atoms with van der Waals surface area (Å²) in [5.41, 5.74) is 3.04. The van der Waals surface area contributed by atoms with Crippen LogP contribution < -0.4 is 15.4 Å². The van der Waals surface area contributed by atoms with Gasteiger partial charge in [-0.15, -0.1) is 0 Å². The molecule has 0 fully saturated rings. The second kappa shape index (κ2) is 8.19. The Morgan fingerprint density at radius 2 is 1.56 bits per heavy atom. The minimum atomic E-state index is -0.317. The van der Waals surface area contributed by atoms with Crippen molar-refractivity contribution in [3.63, 3.8) is 0 Å². The van der Waals surface area contributed by atoms with Crippen molar-refractivity contribution in [1.82, 2.24) is 0 Å². The maximum absolute atomic E-state index is 12.7. The second-order valence-electron chi connectivity index (χ2n) is 6.05. The first-order valence-electron chi connectivity index (χ1n) is 8.49. The number of nitrogens with one attached hydrogen (secondary N) is 2. The predicted molar refractivity (Wildman–Crippen MR) is 107 cm³/mol. The Kier molecular flexibility index (Phi) is 5.52. The average Bonchev–Trinajstić information content (AvgIpc) is 2.69. The third-order valence-electron chi connectivity index (χ3n) is 4.06. The van der Waals surface area contributed by atoms with E-state index in [0.717, 1.165) is 5.56 Å². The van der Waals surface area contributed by atoms with Crippen molar-refractivity contribution in [2.75, 3.05) is 17.7 Å². The van der Waals surface area contributed by atoms with Crippen molar-refractivity contribution in [3.8, 4) is 5.75 Å². The number of carbonyl (C=O) groups is 2. The van der Waals surface area contributed by atoms with Crippen LogP contribution in [0.4, 0.5) is 11.4 Å². The fourth-order valence-corrected chi connectivity index (χ4v) is 2.59. The molecule has 0 saturated carbocycles. The van der Waals surface area contributed by atoms with Crippen LogP contribution in [0.5, 0.6) is 5.75 Å². The van der Waals surface area contributed by atoms with Gasteiger partial charge in [-0.1, -0.05) is 35.9 Å². The van der Waals surface area contributed by atoms with E-state index in [-0.39, 0.29) is 11.8 Å². The molecule has 0 aromatic heterocycles. The molecule has 27 heavy (non-hydrogen) atoms. The molecule has 0 saturated heterocycles. The molecule has 0 bridgehead atoms. The van der Waals surface area contributed by atoms with Crippen LogP contribution in [0.25, 0.3) is 0 Å². The molecule has 3 aromatic rings. The molecule has 0 heterocycles. The van der Waals surface area contributed by atoms with E-state index in [4.69, 9.17) is 4.74 Å². The van der Waals surface area contributed by atoms with Gasteiger partial charge in [0.15, 0.2) is 0 Å². The van der Waals surface area contributed by atoms with E-state index in [9.17, 15) is 9.59 Å². The number of aryl methyl sites for hydroxylation is 1. The number of hydrogen-bond donors (Lipinski definition) is 2. The number of benzene rings is 3. The summed E-state index contributed by atoms with van der Waals surface area (Å²) in [6, 6.07) is 21.2. The standard InChI is InChI=1S/C22H20N2O3/c1-15-10-12-16(13-11-15)21(25)24-20-9-4-3-8-19(20)22(26)23-17-6-5-7-18(14-17)27-2/h3-14H,1-2H3,(H,23,26)(H,24,25). The Hall–Kier alpha value is -3.60. The van der Waals surface area contributed by atoms with Gasteiger partial charge in [-0.3, -0.25) is 9.59 Å². The molecule has 0 radical (unpaired) electrons. The zero-order valence-corrected chi connectivity index (χ0v) is 15.2. The molecule has 0 aliphatic heterocycles. The summed E-state index contributed by atoms with van der Waals surface area (Å²) in [5.74, 6) is 0.0634. The molecule has 5 nitrogen and oxygen atoms in total. The van der Waals surface area contributed by atoms with Crippen LogP contribution in [0.15, 0.2) is 72.8 Å². The number of rotatable bonds is 5. The van der Waals surface area contributed by atoms with E-state index in [1.165, 1.54) is 0 Å². The van der Waals surface area contributed by atoms with E-state index in [1.54, 1.807) is 67.8 Å². The molecule has 0 aliphatic rings. The van der Waals surface area contributed by atoms with E-state index in [0.29, 0.717) is 28.3 Å². The number of para-hydroxylation sites is 1. The zero-order chi connectivity index (χ0) is 19.2. The lowest BCUT2D eigenvalue weighted by Gasteiger charge is -2.12. The average molecular weight is 360 g/mol. The van der Waals surface area contributed by atoms with E-state index in [1.807, 2.05) is 19.1 Å². The monoisotopic (exact) mass is 360 g/mol. The molecule has 2 amide bonds. The fourth-order valence-electron chi connectivity index (χ4n) is 2.59. The summed E-state index contributed by atoms with van der Waals surface area (Å²) in [7, 11) is 1.57. The molecule has 0 spiro atoms. The second-order valence-corrected chi connectivity index (χ2v) is 6.05. The molecule has 0 aliphatic carbocycles. The SMILES string of the molecule is COc1cccc(NC(=O)c2ccccc2NC(=O)c2ccc(C)cc2)c1. The van der Waals surface area contributed by atoms with Crippen LogP contribution in [0, 0.1) is 6.92 Å². The smallest absolute Gasteiger partial charge is 0.257 e. The molecule has 3 aromatic carbocycles. The first-order chi connectivity index (χ1) is 13.1.